The molecule has 0 bridgehead atoms. The van der Waals surface area contributed by atoms with Crippen molar-refractivity contribution in [3.8, 4) is 0 Å². The molecular formula is C21H16Cl2F3N5O3S. The molecule has 2 N–H and O–H groups in total. The van der Waals surface area contributed by atoms with Crippen LogP contribution in [0.25, 0.3) is 11.0 Å². The van der Waals surface area contributed by atoms with E-state index in [4.69, 9.17) is 28.0 Å². The number of benzene rings is 1. The summed E-state index contributed by atoms with van der Waals surface area (Å²) in [6, 6.07) is 5.68. The summed E-state index contributed by atoms with van der Waals surface area (Å²) in [5, 5.41) is 3.40. The molecule has 1 atom stereocenters. The third kappa shape index (κ3) is 5.14. The standard InChI is InChI=1S/C21H16Cl2F3N5O3S/c1-34-30-18(13-4-6-27-20-14(13)5-7-28-20)19-17(8-11(22)10-29-19)31-35(32,33)12-2-3-16(23)15(9-12)21(24,25)26/h2-9,11,31H,10H2,1H3,(H,27,28)/b30-18+. The van der Waals surface area contributed by atoms with Crippen molar-refractivity contribution in [1.29, 1.82) is 0 Å². The van der Waals surface area contributed by atoms with Crippen LogP contribution in [0.15, 0.2) is 69.5 Å². The van der Waals surface area contributed by atoms with Gasteiger partial charge in [0, 0.05) is 23.3 Å². The van der Waals surface area contributed by atoms with Gasteiger partial charge in [0.2, 0.25) is 0 Å². The first-order valence-corrected chi connectivity index (χ1v) is 12.2. The molecular weight excluding hydrogens is 530 g/mol. The van der Waals surface area contributed by atoms with Crippen LogP contribution in [0.3, 0.4) is 0 Å². The van der Waals surface area contributed by atoms with E-state index < -0.39 is 37.1 Å². The molecule has 184 valence electrons. The van der Waals surface area contributed by atoms with Crippen molar-refractivity contribution in [2.45, 2.75) is 16.4 Å². The highest BCUT2D eigenvalue weighted by atomic mass is 35.5. The number of H-pyrrole nitrogens is 1. The number of sulfonamides is 1. The van der Waals surface area contributed by atoms with Crippen molar-refractivity contribution in [2.24, 2.45) is 10.1 Å². The minimum Gasteiger partial charge on any atom is -0.399 e. The fourth-order valence-corrected chi connectivity index (χ4v) is 4.94. The predicted octanol–water partition coefficient (Wildman–Crippen LogP) is 4.51. The Morgan fingerprint density at radius 2 is 2.06 bits per heavy atom. The van der Waals surface area contributed by atoms with Crippen LogP contribution in [0.1, 0.15) is 11.1 Å². The molecule has 1 aromatic carbocycles. The Morgan fingerprint density at radius 1 is 1.29 bits per heavy atom. The molecule has 1 aliphatic heterocycles. The van der Waals surface area contributed by atoms with Gasteiger partial charge in [-0.15, -0.1) is 11.6 Å². The minimum absolute atomic E-state index is 0.0731. The molecule has 14 heteroatoms. The zero-order chi connectivity index (χ0) is 25.4. The van der Waals surface area contributed by atoms with Crippen molar-refractivity contribution >= 4 is 55.7 Å². The average Bonchev–Trinajstić information content (AvgIpc) is 3.26. The maximum atomic E-state index is 13.3. The molecule has 0 fully saturated rings. The molecule has 2 aromatic heterocycles. The number of hydrogen-bond acceptors (Lipinski definition) is 6. The van der Waals surface area contributed by atoms with E-state index in [0.717, 1.165) is 12.1 Å². The highest BCUT2D eigenvalue weighted by Gasteiger charge is 2.35. The van der Waals surface area contributed by atoms with Gasteiger partial charge in [0.25, 0.3) is 10.0 Å². The number of aromatic amines is 1. The monoisotopic (exact) mass is 545 g/mol. The van der Waals surface area contributed by atoms with Crippen molar-refractivity contribution in [3.63, 3.8) is 0 Å². The summed E-state index contributed by atoms with van der Waals surface area (Å²) in [5.74, 6) is 0. The number of alkyl halides is 4. The van der Waals surface area contributed by atoms with Crippen LogP contribution < -0.4 is 4.72 Å². The van der Waals surface area contributed by atoms with Gasteiger partial charge in [-0.05, 0) is 36.4 Å². The molecule has 8 nitrogen and oxygen atoms in total. The summed E-state index contributed by atoms with van der Waals surface area (Å²) >= 11 is 11.8. The zero-order valence-corrected chi connectivity index (χ0v) is 20.1. The molecule has 4 rings (SSSR count). The van der Waals surface area contributed by atoms with Crippen LogP contribution in [-0.4, -0.2) is 48.8 Å². The van der Waals surface area contributed by atoms with E-state index in [-0.39, 0.29) is 23.7 Å². The Balaban J connectivity index is 1.77. The molecule has 0 spiro atoms. The first-order chi connectivity index (χ1) is 16.5. The van der Waals surface area contributed by atoms with Crippen LogP contribution in [0, 0.1) is 0 Å². The summed E-state index contributed by atoms with van der Waals surface area (Å²) < 4.78 is 68.3. The van der Waals surface area contributed by atoms with Crippen molar-refractivity contribution in [2.75, 3.05) is 13.7 Å². The van der Waals surface area contributed by atoms with E-state index in [1.807, 2.05) is 0 Å². The smallest absolute Gasteiger partial charge is 0.399 e. The number of aliphatic imine (C=N–C) groups is 1. The largest absolute Gasteiger partial charge is 0.417 e. The first kappa shape index (κ1) is 25.0. The Hall–Kier alpha value is -3.09. The van der Waals surface area contributed by atoms with Crippen LogP contribution >= 0.6 is 23.2 Å². The number of halogens is 5. The molecule has 3 heterocycles. The van der Waals surface area contributed by atoms with Crippen LogP contribution in [0.2, 0.25) is 5.02 Å². The van der Waals surface area contributed by atoms with Gasteiger partial charge in [-0.25, -0.2) is 13.4 Å². The maximum absolute atomic E-state index is 13.3. The lowest BCUT2D eigenvalue weighted by Crippen LogP contribution is -2.35. The van der Waals surface area contributed by atoms with Crippen molar-refractivity contribution in [3.05, 3.63) is 70.6 Å². The highest BCUT2D eigenvalue weighted by Crippen LogP contribution is 2.36. The molecule has 1 unspecified atom stereocenters. The number of hydrogen-bond donors (Lipinski definition) is 2. The SMILES string of the molecule is CO/N=C(/C1=NCC(Cl)C=C1NS(=O)(=O)c1ccc(Cl)c(C(F)(F)F)c1)c1ccnc2[nH]ccc12. The van der Waals surface area contributed by atoms with Crippen LogP contribution in [0.4, 0.5) is 13.2 Å². The van der Waals surface area contributed by atoms with E-state index >= 15 is 0 Å². The van der Waals surface area contributed by atoms with E-state index in [9.17, 15) is 21.6 Å². The van der Waals surface area contributed by atoms with Gasteiger partial charge in [-0.2, -0.15) is 13.2 Å². The van der Waals surface area contributed by atoms with Gasteiger partial charge in [-0.1, -0.05) is 16.8 Å². The maximum Gasteiger partial charge on any atom is 0.417 e. The molecule has 0 radical (unpaired) electrons. The Kier molecular flexibility index (Phi) is 6.80. The first-order valence-electron chi connectivity index (χ1n) is 9.85. The lowest BCUT2D eigenvalue weighted by Gasteiger charge is -2.21. The van der Waals surface area contributed by atoms with Gasteiger partial charge < -0.3 is 9.82 Å². The quantitative estimate of drug-likeness (QED) is 0.270. The topological polar surface area (TPSA) is 109 Å². The average molecular weight is 546 g/mol. The second-order valence-electron chi connectivity index (χ2n) is 7.25. The number of allylic oxidation sites excluding steroid dienone is 1. The predicted molar refractivity (Wildman–Crippen MR) is 126 cm³/mol. The molecule has 0 aliphatic carbocycles. The second-order valence-corrected chi connectivity index (χ2v) is 9.90. The van der Waals surface area contributed by atoms with Crippen LogP contribution in [0.5, 0.6) is 0 Å². The molecule has 1 aliphatic rings. The fourth-order valence-electron chi connectivity index (χ4n) is 3.43. The zero-order valence-electron chi connectivity index (χ0n) is 17.8. The summed E-state index contributed by atoms with van der Waals surface area (Å²) in [5.41, 5.74) is -0.0195. The van der Waals surface area contributed by atoms with E-state index in [1.165, 1.54) is 19.4 Å². The highest BCUT2D eigenvalue weighted by molar-refractivity contribution is 7.89. The number of aromatic nitrogens is 2. The summed E-state index contributed by atoms with van der Waals surface area (Å²) in [4.78, 5) is 15.9. The molecule has 0 saturated carbocycles. The van der Waals surface area contributed by atoms with E-state index in [1.54, 1.807) is 18.3 Å². The number of oxime groups is 1. The van der Waals surface area contributed by atoms with E-state index in [0.29, 0.717) is 22.7 Å². The molecule has 0 amide bonds. The number of nitrogens with one attached hydrogen (secondary N) is 2. The number of dihydropyridines is 1. The van der Waals surface area contributed by atoms with Crippen LogP contribution in [-0.2, 0) is 21.0 Å². The molecule has 35 heavy (non-hydrogen) atoms. The summed E-state index contributed by atoms with van der Waals surface area (Å²) in [7, 11) is -3.20. The normalized spacial score (nSPS) is 17.2. The molecule has 3 aromatic rings. The summed E-state index contributed by atoms with van der Waals surface area (Å²) in [6.45, 7) is 0.103. The van der Waals surface area contributed by atoms with Gasteiger partial charge in [-0.3, -0.25) is 9.71 Å². The van der Waals surface area contributed by atoms with Gasteiger partial charge in [0.05, 0.1) is 33.1 Å². The number of fused-ring (bicyclic) bond motifs is 1. The fraction of sp³-hybridized carbons (Fsp3) is 0.190. The Morgan fingerprint density at radius 3 is 2.77 bits per heavy atom. The lowest BCUT2D eigenvalue weighted by atomic mass is 10.00. The van der Waals surface area contributed by atoms with Gasteiger partial charge in [0.15, 0.2) is 0 Å². The third-order valence-corrected chi connectivity index (χ3v) is 6.90. The van der Waals surface area contributed by atoms with Crippen molar-refractivity contribution < 1.29 is 26.4 Å². The van der Waals surface area contributed by atoms with Gasteiger partial charge >= 0.3 is 6.18 Å². The molecule has 0 saturated heterocycles. The number of nitrogens with zero attached hydrogens (tertiary/aromatic N) is 3. The third-order valence-electron chi connectivity index (χ3n) is 4.95. The Labute approximate surface area is 207 Å². The van der Waals surface area contributed by atoms with E-state index in [2.05, 4.69) is 24.8 Å². The minimum atomic E-state index is -4.85. The second kappa shape index (κ2) is 9.51. The lowest BCUT2D eigenvalue weighted by molar-refractivity contribution is -0.137. The number of rotatable bonds is 6. The van der Waals surface area contributed by atoms with Gasteiger partial charge in [0.1, 0.15) is 24.2 Å². The Bertz CT molecular complexity index is 1480. The number of pyridine rings is 1. The van der Waals surface area contributed by atoms with Crippen molar-refractivity contribution in [1.82, 2.24) is 14.7 Å². The summed E-state index contributed by atoms with van der Waals surface area (Å²) in [6.07, 6.45) is -0.265.